The minimum Gasteiger partial charge on any atom is -0.322 e. The van der Waals surface area contributed by atoms with E-state index in [-0.39, 0.29) is 22.5 Å². The van der Waals surface area contributed by atoms with Gasteiger partial charge in [-0.05, 0) is 49.2 Å². The average molecular weight is 418 g/mol. The Morgan fingerprint density at radius 1 is 1.19 bits per heavy atom. The van der Waals surface area contributed by atoms with E-state index in [4.69, 9.17) is 0 Å². The van der Waals surface area contributed by atoms with Crippen LogP contribution in [0, 0.1) is 0 Å². The molecule has 1 aromatic carbocycles. The van der Waals surface area contributed by atoms with E-state index in [9.17, 15) is 14.4 Å². The standard InChI is InChI=1S/C22H22N6O3/c1-4-27-19-18(21(30)26-22(27)31)16(12-17(25-19)13(2)3)20(29)24-14-6-8-15(9-7-14)28-11-5-10-23-28/h5-13H,4H2,1-3H3,(H,24,29)(H,26,30,31). The first-order chi connectivity index (χ1) is 14.9. The zero-order valence-corrected chi connectivity index (χ0v) is 17.4. The molecule has 1 amide bonds. The van der Waals surface area contributed by atoms with Gasteiger partial charge >= 0.3 is 5.69 Å². The summed E-state index contributed by atoms with van der Waals surface area (Å²) in [4.78, 5) is 44.8. The van der Waals surface area contributed by atoms with Crippen LogP contribution in [0.1, 0.15) is 42.7 Å². The lowest BCUT2D eigenvalue weighted by Gasteiger charge is -2.14. The third-order valence-corrected chi connectivity index (χ3v) is 5.02. The van der Waals surface area contributed by atoms with Gasteiger partial charge in [-0.15, -0.1) is 0 Å². The van der Waals surface area contributed by atoms with Gasteiger partial charge in [0.1, 0.15) is 0 Å². The molecule has 0 aliphatic carbocycles. The molecule has 4 rings (SSSR count). The molecule has 0 spiro atoms. The normalized spacial score (nSPS) is 11.2. The Hall–Kier alpha value is -4.01. The van der Waals surface area contributed by atoms with Crippen molar-refractivity contribution in [2.24, 2.45) is 0 Å². The second kappa shape index (κ2) is 8.02. The predicted molar refractivity (Wildman–Crippen MR) is 118 cm³/mol. The summed E-state index contributed by atoms with van der Waals surface area (Å²) in [6.45, 7) is 5.97. The van der Waals surface area contributed by atoms with Crippen LogP contribution in [0.2, 0.25) is 0 Å². The number of carbonyl (C=O) groups is 1. The zero-order valence-electron chi connectivity index (χ0n) is 17.4. The van der Waals surface area contributed by atoms with Gasteiger partial charge in [0.15, 0.2) is 5.65 Å². The second-order valence-electron chi connectivity index (χ2n) is 7.40. The van der Waals surface area contributed by atoms with Gasteiger partial charge in [-0.2, -0.15) is 5.10 Å². The number of pyridine rings is 1. The van der Waals surface area contributed by atoms with Crippen LogP contribution < -0.4 is 16.6 Å². The summed E-state index contributed by atoms with van der Waals surface area (Å²) >= 11 is 0. The highest BCUT2D eigenvalue weighted by atomic mass is 16.2. The first kappa shape index (κ1) is 20.3. The van der Waals surface area contributed by atoms with Crippen LogP contribution in [0.4, 0.5) is 5.69 Å². The van der Waals surface area contributed by atoms with E-state index in [2.05, 4.69) is 20.4 Å². The van der Waals surface area contributed by atoms with Crippen LogP contribution in [-0.4, -0.2) is 30.2 Å². The van der Waals surface area contributed by atoms with E-state index in [0.29, 0.717) is 17.9 Å². The topological polar surface area (TPSA) is 115 Å². The van der Waals surface area contributed by atoms with E-state index in [1.54, 1.807) is 36.0 Å². The summed E-state index contributed by atoms with van der Waals surface area (Å²) in [6.07, 6.45) is 3.51. The van der Waals surface area contributed by atoms with Crippen molar-refractivity contribution in [2.75, 3.05) is 5.32 Å². The molecule has 2 N–H and O–H groups in total. The molecule has 158 valence electrons. The molecule has 3 heterocycles. The van der Waals surface area contributed by atoms with E-state index in [1.165, 1.54) is 4.57 Å². The van der Waals surface area contributed by atoms with Crippen molar-refractivity contribution in [1.82, 2.24) is 24.3 Å². The average Bonchev–Trinajstić information content (AvgIpc) is 3.28. The van der Waals surface area contributed by atoms with Crippen molar-refractivity contribution in [3.05, 3.63) is 80.9 Å². The van der Waals surface area contributed by atoms with Crippen molar-refractivity contribution in [1.29, 1.82) is 0 Å². The summed E-state index contributed by atoms with van der Waals surface area (Å²) in [5, 5.41) is 7.10. The molecular weight excluding hydrogens is 396 g/mol. The molecule has 0 fully saturated rings. The molecule has 0 radical (unpaired) electrons. The number of aromatic amines is 1. The molecule has 4 aromatic rings. The smallest absolute Gasteiger partial charge is 0.322 e. The number of hydrogen-bond acceptors (Lipinski definition) is 5. The Morgan fingerprint density at radius 2 is 1.94 bits per heavy atom. The van der Waals surface area contributed by atoms with Crippen molar-refractivity contribution in [3.8, 4) is 5.69 Å². The van der Waals surface area contributed by atoms with E-state index < -0.39 is 17.2 Å². The Morgan fingerprint density at radius 3 is 2.55 bits per heavy atom. The fraction of sp³-hybridized carbons (Fsp3) is 0.227. The number of nitrogens with one attached hydrogen (secondary N) is 2. The fourth-order valence-corrected chi connectivity index (χ4v) is 3.38. The Balaban J connectivity index is 1.78. The van der Waals surface area contributed by atoms with Crippen LogP contribution in [-0.2, 0) is 6.54 Å². The molecule has 0 saturated carbocycles. The van der Waals surface area contributed by atoms with Crippen LogP contribution >= 0.6 is 0 Å². The SMILES string of the molecule is CCn1c(=O)[nH]c(=O)c2c(C(=O)Nc3ccc(-n4cccn4)cc3)cc(C(C)C)nc21. The Labute approximate surface area is 177 Å². The molecule has 9 nitrogen and oxygen atoms in total. The maximum atomic E-state index is 13.2. The summed E-state index contributed by atoms with van der Waals surface area (Å²) in [5.41, 5.74) is 1.24. The van der Waals surface area contributed by atoms with Crippen LogP contribution in [0.15, 0.2) is 58.4 Å². The maximum Gasteiger partial charge on any atom is 0.329 e. The third kappa shape index (κ3) is 3.77. The van der Waals surface area contributed by atoms with Crippen LogP contribution in [0.3, 0.4) is 0 Å². The molecule has 0 atom stereocenters. The van der Waals surface area contributed by atoms with Gasteiger partial charge in [-0.25, -0.2) is 14.5 Å². The van der Waals surface area contributed by atoms with Crippen molar-refractivity contribution >= 4 is 22.6 Å². The number of rotatable bonds is 5. The van der Waals surface area contributed by atoms with Gasteiger partial charge in [0.25, 0.3) is 11.5 Å². The highest BCUT2D eigenvalue weighted by Crippen LogP contribution is 2.21. The second-order valence-corrected chi connectivity index (χ2v) is 7.40. The van der Waals surface area contributed by atoms with Gasteiger partial charge in [-0.3, -0.25) is 19.1 Å². The van der Waals surface area contributed by atoms with Gasteiger partial charge in [0.2, 0.25) is 0 Å². The minimum absolute atomic E-state index is 0.00370. The number of benzene rings is 1. The van der Waals surface area contributed by atoms with Gasteiger partial charge < -0.3 is 5.32 Å². The summed E-state index contributed by atoms with van der Waals surface area (Å²) in [6, 6.07) is 10.6. The summed E-state index contributed by atoms with van der Waals surface area (Å²) in [5.74, 6) is -0.447. The largest absolute Gasteiger partial charge is 0.329 e. The molecule has 0 saturated heterocycles. The number of H-pyrrole nitrogens is 1. The van der Waals surface area contributed by atoms with Crippen molar-refractivity contribution in [3.63, 3.8) is 0 Å². The fourth-order valence-electron chi connectivity index (χ4n) is 3.38. The molecule has 3 aromatic heterocycles. The quantitative estimate of drug-likeness (QED) is 0.517. The molecule has 0 unspecified atom stereocenters. The lowest BCUT2D eigenvalue weighted by Crippen LogP contribution is -2.32. The van der Waals surface area contributed by atoms with E-state index in [1.807, 2.05) is 38.2 Å². The lowest BCUT2D eigenvalue weighted by molar-refractivity contribution is 0.102. The molecule has 9 heteroatoms. The van der Waals surface area contributed by atoms with Gasteiger partial charge in [0, 0.05) is 30.3 Å². The Kier molecular flexibility index (Phi) is 5.24. The van der Waals surface area contributed by atoms with Gasteiger partial charge in [-0.1, -0.05) is 13.8 Å². The van der Waals surface area contributed by atoms with Crippen molar-refractivity contribution < 1.29 is 4.79 Å². The van der Waals surface area contributed by atoms with E-state index in [0.717, 1.165) is 5.69 Å². The van der Waals surface area contributed by atoms with Crippen LogP contribution in [0.25, 0.3) is 16.7 Å². The first-order valence-electron chi connectivity index (χ1n) is 9.98. The minimum atomic E-state index is -0.633. The highest BCUT2D eigenvalue weighted by Gasteiger charge is 2.20. The van der Waals surface area contributed by atoms with Crippen molar-refractivity contribution in [2.45, 2.75) is 33.2 Å². The zero-order chi connectivity index (χ0) is 22.1. The van der Waals surface area contributed by atoms with Crippen LogP contribution in [0.5, 0.6) is 0 Å². The molecule has 0 aliphatic rings. The molecular formula is C22H22N6O3. The molecule has 31 heavy (non-hydrogen) atoms. The summed E-state index contributed by atoms with van der Waals surface area (Å²) < 4.78 is 3.07. The summed E-state index contributed by atoms with van der Waals surface area (Å²) in [7, 11) is 0. The monoisotopic (exact) mass is 418 g/mol. The number of nitrogens with zero attached hydrogens (tertiary/aromatic N) is 4. The van der Waals surface area contributed by atoms with E-state index >= 15 is 0 Å². The number of fused-ring (bicyclic) bond motifs is 1. The molecule has 0 bridgehead atoms. The first-order valence-corrected chi connectivity index (χ1v) is 9.98. The number of hydrogen-bond donors (Lipinski definition) is 2. The highest BCUT2D eigenvalue weighted by molar-refractivity contribution is 6.11. The van der Waals surface area contributed by atoms with Gasteiger partial charge in [0.05, 0.1) is 16.6 Å². The molecule has 0 aliphatic heterocycles. The number of aryl methyl sites for hydroxylation is 1. The maximum absolute atomic E-state index is 13.2. The number of amides is 1. The Bertz CT molecular complexity index is 1370. The lowest BCUT2D eigenvalue weighted by atomic mass is 10.0. The number of anilines is 1. The number of carbonyl (C=O) groups excluding carboxylic acids is 1. The number of aromatic nitrogens is 5. The third-order valence-electron chi connectivity index (χ3n) is 5.02. The predicted octanol–water partition coefficient (Wildman–Crippen LogP) is 2.67.